The predicted molar refractivity (Wildman–Crippen MR) is 79.3 cm³/mol. The first-order chi connectivity index (χ1) is 9.54. The van der Waals surface area contributed by atoms with Crippen molar-refractivity contribution in [3.63, 3.8) is 0 Å². The molecule has 5 nitrogen and oxygen atoms in total. The Balaban J connectivity index is 1.84. The van der Waals surface area contributed by atoms with Crippen molar-refractivity contribution in [1.82, 2.24) is 15.0 Å². The average Bonchev–Trinajstić information content (AvgIpc) is 2.35. The van der Waals surface area contributed by atoms with Gasteiger partial charge >= 0.3 is 0 Å². The van der Waals surface area contributed by atoms with Gasteiger partial charge in [-0.05, 0) is 41.1 Å². The molecule has 0 radical (unpaired) electrons. The number of rotatable bonds is 5. The fraction of sp³-hybridized carbons (Fsp3) is 0.250. The molecular weight excluding hydrogens is 347 g/mol. The van der Waals surface area contributed by atoms with E-state index >= 15 is 0 Å². The molecular formula is C12H12BrFN4OS. The number of nitrogens with zero attached hydrogens (tertiary/aromatic N) is 3. The van der Waals surface area contributed by atoms with Gasteiger partial charge in [0, 0.05) is 5.75 Å². The lowest BCUT2D eigenvalue weighted by molar-refractivity contribution is 0.341. The van der Waals surface area contributed by atoms with E-state index in [4.69, 9.17) is 10.5 Å². The fourth-order valence-corrected chi connectivity index (χ4v) is 2.59. The molecule has 0 aliphatic heterocycles. The van der Waals surface area contributed by atoms with Crippen LogP contribution in [0.4, 0.5) is 10.3 Å². The molecule has 0 saturated heterocycles. The van der Waals surface area contributed by atoms with Gasteiger partial charge in [-0.3, -0.25) is 0 Å². The average molecular weight is 359 g/mol. The first kappa shape index (κ1) is 15.0. The molecule has 0 amide bonds. The van der Waals surface area contributed by atoms with Crippen LogP contribution in [0.3, 0.4) is 0 Å². The summed E-state index contributed by atoms with van der Waals surface area (Å²) in [5.74, 6) is 1.73. The summed E-state index contributed by atoms with van der Waals surface area (Å²) in [4.78, 5) is 12.1. The van der Waals surface area contributed by atoms with Crippen molar-refractivity contribution in [2.45, 2.75) is 12.1 Å². The third-order valence-corrected chi connectivity index (χ3v) is 3.64. The summed E-state index contributed by atoms with van der Waals surface area (Å²) in [6.45, 7) is 2.20. The summed E-state index contributed by atoms with van der Waals surface area (Å²) in [5, 5.41) is 0.566. The van der Waals surface area contributed by atoms with Crippen LogP contribution in [0.1, 0.15) is 5.82 Å². The normalized spacial score (nSPS) is 10.6. The Morgan fingerprint density at radius 1 is 1.35 bits per heavy atom. The van der Waals surface area contributed by atoms with Gasteiger partial charge in [0.2, 0.25) is 5.95 Å². The van der Waals surface area contributed by atoms with Crippen molar-refractivity contribution in [3.8, 4) is 5.75 Å². The van der Waals surface area contributed by atoms with Gasteiger partial charge in [-0.25, -0.2) is 9.37 Å². The minimum absolute atomic E-state index is 0.210. The molecule has 0 atom stereocenters. The van der Waals surface area contributed by atoms with Gasteiger partial charge in [-0.2, -0.15) is 9.97 Å². The first-order valence-electron chi connectivity index (χ1n) is 5.73. The van der Waals surface area contributed by atoms with Crippen LogP contribution in [-0.4, -0.2) is 27.3 Å². The first-order valence-corrected chi connectivity index (χ1v) is 7.51. The lowest BCUT2D eigenvalue weighted by Crippen LogP contribution is -2.04. The SMILES string of the molecule is Cc1nc(N)nc(SCCOc2ccc(F)cc2Br)n1. The highest BCUT2D eigenvalue weighted by molar-refractivity contribution is 9.10. The van der Waals surface area contributed by atoms with Crippen LogP contribution < -0.4 is 10.5 Å². The maximum Gasteiger partial charge on any atom is 0.224 e. The molecule has 0 unspecified atom stereocenters. The Bertz CT molecular complexity index is 594. The van der Waals surface area contributed by atoms with Crippen molar-refractivity contribution in [1.29, 1.82) is 0 Å². The Labute approximate surface area is 128 Å². The van der Waals surface area contributed by atoms with Crippen LogP contribution >= 0.6 is 27.7 Å². The lowest BCUT2D eigenvalue weighted by Gasteiger charge is -2.07. The number of nitrogen functional groups attached to an aromatic ring is 1. The van der Waals surface area contributed by atoms with Gasteiger partial charge in [0.25, 0.3) is 0 Å². The van der Waals surface area contributed by atoms with Crippen LogP contribution in [0.25, 0.3) is 0 Å². The number of thioether (sulfide) groups is 1. The maximum absolute atomic E-state index is 12.9. The molecule has 2 aromatic rings. The summed E-state index contributed by atoms with van der Waals surface area (Å²) in [5.41, 5.74) is 5.54. The minimum atomic E-state index is -0.310. The zero-order valence-electron chi connectivity index (χ0n) is 10.6. The molecule has 0 aliphatic carbocycles. The second-order valence-corrected chi connectivity index (χ2v) is 5.71. The number of hydrogen-bond acceptors (Lipinski definition) is 6. The number of benzene rings is 1. The van der Waals surface area contributed by atoms with E-state index < -0.39 is 0 Å². The summed E-state index contributed by atoms with van der Waals surface area (Å²) >= 11 is 4.66. The summed E-state index contributed by atoms with van der Waals surface area (Å²) in [6, 6.07) is 4.29. The van der Waals surface area contributed by atoms with Gasteiger partial charge in [-0.1, -0.05) is 11.8 Å². The molecule has 1 aromatic heterocycles. The second-order valence-electron chi connectivity index (χ2n) is 3.80. The molecule has 106 valence electrons. The Hall–Kier alpha value is -1.41. The van der Waals surface area contributed by atoms with Crippen LogP contribution in [-0.2, 0) is 0 Å². The van der Waals surface area contributed by atoms with Crippen LogP contribution in [0, 0.1) is 12.7 Å². The third-order valence-electron chi connectivity index (χ3n) is 2.21. The number of hydrogen-bond donors (Lipinski definition) is 1. The van der Waals surface area contributed by atoms with E-state index in [9.17, 15) is 4.39 Å². The van der Waals surface area contributed by atoms with Gasteiger partial charge in [0.1, 0.15) is 17.4 Å². The summed E-state index contributed by atoms with van der Waals surface area (Å²) in [6.07, 6.45) is 0. The van der Waals surface area contributed by atoms with E-state index in [1.165, 1.54) is 23.9 Å². The molecule has 8 heteroatoms. The van der Waals surface area contributed by atoms with Crippen molar-refractivity contribution >= 4 is 33.6 Å². The van der Waals surface area contributed by atoms with Crippen LogP contribution in [0.2, 0.25) is 0 Å². The van der Waals surface area contributed by atoms with Crippen molar-refractivity contribution in [2.24, 2.45) is 0 Å². The minimum Gasteiger partial charge on any atom is -0.492 e. The zero-order valence-corrected chi connectivity index (χ0v) is 13.0. The van der Waals surface area contributed by atoms with E-state index in [1.54, 1.807) is 13.0 Å². The largest absolute Gasteiger partial charge is 0.492 e. The third kappa shape index (κ3) is 4.31. The van der Waals surface area contributed by atoms with E-state index in [1.807, 2.05) is 0 Å². The van der Waals surface area contributed by atoms with Gasteiger partial charge in [-0.15, -0.1) is 0 Å². The number of halogens is 2. The molecule has 0 fully saturated rings. The van der Waals surface area contributed by atoms with E-state index in [2.05, 4.69) is 30.9 Å². The van der Waals surface area contributed by atoms with Crippen molar-refractivity contribution < 1.29 is 9.13 Å². The number of anilines is 1. The Kier molecular flexibility index (Phi) is 5.13. The highest BCUT2D eigenvalue weighted by Gasteiger charge is 2.04. The monoisotopic (exact) mass is 358 g/mol. The van der Waals surface area contributed by atoms with E-state index in [-0.39, 0.29) is 11.8 Å². The number of ether oxygens (including phenoxy) is 1. The quantitative estimate of drug-likeness (QED) is 0.654. The molecule has 1 aromatic carbocycles. The van der Waals surface area contributed by atoms with Crippen molar-refractivity contribution in [2.75, 3.05) is 18.1 Å². The van der Waals surface area contributed by atoms with Gasteiger partial charge < -0.3 is 10.5 Å². The molecule has 2 rings (SSSR count). The molecule has 20 heavy (non-hydrogen) atoms. The summed E-state index contributed by atoms with van der Waals surface area (Å²) < 4.78 is 19.0. The van der Waals surface area contributed by atoms with E-state index in [0.29, 0.717) is 33.6 Å². The number of aryl methyl sites for hydroxylation is 1. The second kappa shape index (κ2) is 6.85. The molecule has 2 N–H and O–H groups in total. The maximum atomic E-state index is 12.9. The van der Waals surface area contributed by atoms with Crippen LogP contribution in [0.15, 0.2) is 27.8 Å². The van der Waals surface area contributed by atoms with Crippen molar-refractivity contribution in [3.05, 3.63) is 34.3 Å². The summed E-state index contributed by atoms with van der Waals surface area (Å²) in [7, 11) is 0. The smallest absolute Gasteiger partial charge is 0.224 e. The number of aromatic nitrogens is 3. The molecule has 0 spiro atoms. The lowest BCUT2D eigenvalue weighted by atomic mass is 10.3. The highest BCUT2D eigenvalue weighted by atomic mass is 79.9. The molecule has 0 aliphatic rings. The van der Waals surface area contributed by atoms with Crippen LogP contribution in [0.5, 0.6) is 5.75 Å². The van der Waals surface area contributed by atoms with Gasteiger partial charge in [0.15, 0.2) is 5.16 Å². The Morgan fingerprint density at radius 2 is 2.15 bits per heavy atom. The standard InChI is InChI=1S/C12H12BrFN4OS/c1-7-16-11(15)18-12(17-7)20-5-4-19-10-3-2-8(14)6-9(10)13/h2-3,6H,4-5H2,1H3,(H2,15,16,17,18). The topological polar surface area (TPSA) is 73.9 Å². The molecule has 0 bridgehead atoms. The Morgan fingerprint density at radius 3 is 2.85 bits per heavy atom. The zero-order chi connectivity index (χ0) is 14.5. The number of nitrogens with two attached hydrogens (primary N) is 1. The molecule has 1 heterocycles. The molecule has 0 saturated carbocycles. The predicted octanol–water partition coefficient (Wildman–Crippen LogP) is 2.83. The highest BCUT2D eigenvalue weighted by Crippen LogP contribution is 2.25. The van der Waals surface area contributed by atoms with E-state index in [0.717, 1.165) is 0 Å². The fourth-order valence-electron chi connectivity index (χ4n) is 1.42. The van der Waals surface area contributed by atoms with Gasteiger partial charge in [0.05, 0.1) is 11.1 Å².